The maximum absolute atomic E-state index is 12.7. The van der Waals surface area contributed by atoms with Gasteiger partial charge in [0.2, 0.25) is 0 Å². The highest BCUT2D eigenvalue weighted by Gasteiger charge is 2.34. The van der Waals surface area contributed by atoms with Gasteiger partial charge in [-0.1, -0.05) is 136 Å². The molecule has 33 heavy (non-hydrogen) atoms. The normalized spacial score (nSPS) is 12.9. The van der Waals surface area contributed by atoms with Gasteiger partial charge in [0.15, 0.2) is 0 Å². The summed E-state index contributed by atoms with van der Waals surface area (Å²) in [5.74, 6) is 0. The van der Waals surface area contributed by atoms with Crippen LogP contribution in [0, 0.1) is 0 Å². The molecular formula is C27H58O4P2. The first kappa shape index (κ1) is 33.5. The first-order valence-electron chi connectivity index (χ1n) is 14.2. The van der Waals surface area contributed by atoms with Gasteiger partial charge in [-0.05, 0) is 19.3 Å². The van der Waals surface area contributed by atoms with Crippen LogP contribution in [-0.4, -0.2) is 19.4 Å². The van der Waals surface area contributed by atoms with Gasteiger partial charge in [0, 0.05) is 28.2 Å². The predicted molar refractivity (Wildman–Crippen MR) is 148 cm³/mol. The average molecular weight is 509 g/mol. The van der Waals surface area contributed by atoms with E-state index < -0.39 is 7.82 Å². The fourth-order valence-corrected chi connectivity index (χ4v) is 7.36. The number of phosphoric ester groups is 1. The summed E-state index contributed by atoms with van der Waals surface area (Å²) >= 11 is 0. The van der Waals surface area contributed by atoms with Gasteiger partial charge in [-0.3, -0.25) is 13.4 Å². The Morgan fingerprint density at radius 1 is 0.545 bits per heavy atom. The fourth-order valence-electron chi connectivity index (χ4n) is 4.56. The van der Waals surface area contributed by atoms with E-state index in [1.54, 1.807) is 0 Å². The standard InChI is InChI=1S/C27H58O4P2/c1-6-9-12-15-18-21-24-27(25-22-19-16-13-10-7-2,26-23-20-17-14-11-8-3)32-31-33(28,29-4)30-5/h32H,6-26H2,1-5H3. The Labute approximate surface area is 209 Å². The minimum Gasteiger partial charge on any atom is -0.290 e. The lowest BCUT2D eigenvalue weighted by atomic mass is 9.88. The third-order valence-corrected chi connectivity index (χ3v) is 10.2. The molecule has 4 nitrogen and oxygen atoms in total. The van der Waals surface area contributed by atoms with E-state index in [2.05, 4.69) is 20.8 Å². The summed E-state index contributed by atoms with van der Waals surface area (Å²) in [5, 5.41) is 0.118. The van der Waals surface area contributed by atoms with Gasteiger partial charge in [0.1, 0.15) is 0 Å². The molecule has 0 radical (unpaired) electrons. The highest BCUT2D eigenvalue weighted by atomic mass is 31.2. The zero-order valence-corrected chi connectivity index (χ0v) is 24.8. The molecule has 0 amide bonds. The van der Waals surface area contributed by atoms with Crippen molar-refractivity contribution in [3.8, 4) is 0 Å². The summed E-state index contributed by atoms with van der Waals surface area (Å²) in [7, 11) is -0.400. The van der Waals surface area contributed by atoms with Crippen LogP contribution in [0.3, 0.4) is 0 Å². The molecule has 0 aromatic carbocycles. The van der Waals surface area contributed by atoms with E-state index in [1.165, 1.54) is 149 Å². The van der Waals surface area contributed by atoms with Crippen LogP contribution in [0.25, 0.3) is 0 Å². The second kappa shape index (κ2) is 23.0. The highest BCUT2D eigenvalue weighted by molar-refractivity contribution is 7.56. The second-order valence-electron chi connectivity index (χ2n) is 9.84. The van der Waals surface area contributed by atoms with Gasteiger partial charge < -0.3 is 0 Å². The molecule has 200 valence electrons. The van der Waals surface area contributed by atoms with Crippen LogP contribution < -0.4 is 0 Å². The van der Waals surface area contributed by atoms with Gasteiger partial charge in [-0.25, -0.2) is 4.57 Å². The molecule has 0 saturated heterocycles. The minimum absolute atomic E-state index is 0.118. The topological polar surface area (TPSA) is 44.8 Å². The van der Waals surface area contributed by atoms with Crippen molar-refractivity contribution >= 4 is 16.6 Å². The largest absolute Gasteiger partial charge is 0.477 e. The number of hydrogen-bond acceptors (Lipinski definition) is 4. The Balaban J connectivity index is 5.05. The van der Waals surface area contributed by atoms with Crippen LogP contribution in [-0.2, 0) is 17.9 Å². The Morgan fingerprint density at radius 2 is 0.848 bits per heavy atom. The molecule has 0 aromatic rings. The van der Waals surface area contributed by atoms with Crippen molar-refractivity contribution in [1.29, 1.82) is 0 Å². The summed E-state index contributed by atoms with van der Waals surface area (Å²) in [6.07, 6.45) is 27.1. The Bertz CT molecular complexity index is 411. The van der Waals surface area contributed by atoms with E-state index in [-0.39, 0.29) is 14.0 Å². The molecule has 0 saturated carbocycles. The molecule has 6 heteroatoms. The predicted octanol–water partition coefficient (Wildman–Crippen LogP) is 11.0. The number of hydrogen-bond donors (Lipinski definition) is 0. The van der Waals surface area contributed by atoms with Crippen molar-refractivity contribution in [2.75, 3.05) is 14.2 Å². The molecule has 0 N–H and O–H groups in total. The Kier molecular flexibility index (Phi) is 23.3. The summed E-state index contributed by atoms with van der Waals surface area (Å²) < 4.78 is 28.8. The third-order valence-electron chi connectivity index (χ3n) is 6.85. The van der Waals surface area contributed by atoms with Gasteiger partial charge in [0.05, 0.1) is 0 Å². The molecule has 0 aliphatic rings. The van der Waals surface area contributed by atoms with E-state index >= 15 is 0 Å². The van der Waals surface area contributed by atoms with Crippen molar-refractivity contribution in [3.63, 3.8) is 0 Å². The van der Waals surface area contributed by atoms with E-state index in [0.29, 0.717) is 0 Å². The van der Waals surface area contributed by atoms with Gasteiger partial charge in [-0.15, -0.1) is 0 Å². The number of unbranched alkanes of at least 4 members (excludes halogenated alkanes) is 15. The molecule has 0 aliphatic carbocycles. The van der Waals surface area contributed by atoms with Gasteiger partial charge in [0.25, 0.3) is 0 Å². The lowest BCUT2D eigenvalue weighted by molar-refractivity contribution is 0.215. The van der Waals surface area contributed by atoms with Crippen molar-refractivity contribution in [1.82, 2.24) is 0 Å². The SMILES string of the molecule is CCCCCCCCC(CCCCCCCC)(CCCCCCCC)POP(=O)(OC)OC. The Hall–Kier alpha value is 0.540. The van der Waals surface area contributed by atoms with Crippen LogP contribution in [0.4, 0.5) is 0 Å². The first-order valence-corrected chi connectivity index (χ1v) is 16.6. The highest BCUT2D eigenvalue weighted by Crippen LogP contribution is 2.59. The van der Waals surface area contributed by atoms with Crippen LogP contribution >= 0.6 is 16.6 Å². The Morgan fingerprint density at radius 3 is 1.15 bits per heavy atom. The summed E-state index contributed by atoms with van der Waals surface area (Å²) in [6.45, 7) is 6.82. The van der Waals surface area contributed by atoms with Gasteiger partial charge >= 0.3 is 7.82 Å². The monoisotopic (exact) mass is 508 g/mol. The first-order chi connectivity index (χ1) is 16.0. The molecule has 0 aromatic heterocycles. The summed E-state index contributed by atoms with van der Waals surface area (Å²) in [6, 6.07) is 0. The van der Waals surface area contributed by atoms with Crippen molar-refractivity contribution in [2.24, 2.45) is 0 Å². The van der Waals surface area contributed by atoms with Crippen LogP contribution in [0.2, 0.25) is 0 Å². The van der Waals surface area contributed by atoms with Crippen molar-refractivity contribution in [3.05, 3.63) is 0 Å². The summed E-state index contributed by atoms with van der Waals surface area (Å²) in [5.41, 5.74) is 0. The fraction of sp³-hybridized carbons (Fsp3) is 1.00. The quantitative estimate of drug-likeness (QED) is 0.0861. The summed E-state index contributed by atoms with van der Waals surface area (Å²) in [4.78, 5) is 0. The molecule has 0 fully saturated rings. The molecule has 0 spiro atoms. The van der Waals surface area contributed by atoms with Crippen molar-refractivity contribution in [2.45, 2.75) is 161 Å². The lowest BCUT2D eigenvalue weighted by Crippen LogP contribution is -2.24. The van der Waals surface area contributed by atoms with E-state index in [9.17, 15) is 4.57 Å². The number of phosphoric acid groups is 1. The smallest absolute Gasteiger partial charge is 0.290 e. The maximum atomic E-state index is 12.7. The van der Waals surface area contributed by atoms with Crippen LogP contribution in [0.1, 0.15) is 156 Å². The van der Waals surface area contributed by atoms with Gasteiger partial charge in [-0.2, -0.15) is 0 Å². The zero-order valence-electron chi connectivity index (χ0n) is 22.9. The van der Waals surface area contributed by atoms with Crippen LogP contribution in [0.15, 0.2) is 0 Å². The van der Waals surface area contributed by atoms with E-state index in [4.69, 9.17) is 13.4 Å². The van der Waals surface area contributed by atoms with E-state index in [1.807, 2.05) is 0 Å². The molecule has 1 atom stereocenters. The van der Waals surface area contributed by atoms with E-state index in [0.717, 1.165) is 0 Å². The second-order valence-corrected chi connectivity index (χ2v) is 13.5. The molecule has 0 bridgehead atoms. The zero-order chi connectivity index (χ0) is 24.7. The van der Waals surface area contributed by atoms with Crippen molar-refractivity contribution < 1.29 is 17.9 Å². The third kappa shape index (κ3) is 18.5. The molecule has 1 unspecified atom stereocenters. The molecule has 0 rings (SSSR count). The number of rotatable bonds is 26. The van der Waals surface area contributed by atoms with Crippen LogP contribution in [0.5, 0.6) is 0 Å². The molecule has 0 aliphatic heterocycles. The minimum atomic E-state index is -3.43. The average Bonchev–Trinajstić information content (AvgIpc) is 2.84. The molecule has 0 heterocycles. The lowest BCUT2D eigenvalue weighted by Gasteiger charge is -2.34. The molecular weight excluding hydrogens is 450 g/mol. The maximum Gasteiger partial charge on any atom is 0.477 e.